The predicted octanol–water partition coefficient (Wildman–Crippen LogP) is 4.58. The van der Waals surface area contributed by atoms with Crippen LogP contribution in [0.2, 0.25) is 0 Å². The third-order valence-corrected chi connectivity index (χ3v) is 3.67. The van der Waals surface area contributed by atoms with Gasteiger partial charge >= 0.3 is 0 Å². The number of ether oxygens (including phenoxy) is 2. The van der Waals surface area contributed by atoms with E-state index in [9.17, 15) is 0 Å². The minimum atomic E-state index is 0.470. The van der Waals surface area contributed by atoms with Crippen molar-refractivity contribution in [2.24, 2.45) is 0 Å². The summed E-state index contributed by atoms with van der Waals surface area (Å²) in [4.78, 5) is 9.00. The monoisotopic (exact) mass is 302 g/mol. The first-order chi connectivity index (χ1) is 11.3. The van der Waals surface area contributed by atoms with Gasteiger partial charge in [-0.2, -0.15) is 0 Å². The van der Waals surface area contributed by atoms with E-state index in [0.717, 1.165) is 27.6 Å². The van der Waals surface area contributed by atoms with E-state index in [1.807, 2.05) is 48.5 Å². The van der Waals surface area contributed by atoms with Crippen LogP contribution in [-0.4, -0.2) is 17.1 Å². The molecule has 112 valence electrons. The van der Waals surface area contributed by atoms with Gasteiger partial charge in [0.1, 0.15) is 11.5 Å². The smallest absolute Gasteiger partial charge is 0.238 e. The van der Waals surface area contributed by atoms with Gasteiger partial charge in [-0.1, -0.05) is 24.3 Å². The molecule has 4 heteroatoms. The maximum absolute atomic E-state index is 5.77. The van der Waals surface area contributed by atoms with Crippen molar-refractivity contribution in [1.82, 2.24) is 9.97 Å². The van der Waals surface area contributed by atoms with Crippen LogP contribution >= 0.6 is 0 Å². The molecule has 0 aliphatic heterocycles. The van der Waals surface area contributed by atoms with Gasteiger partial charge in [0, 0.05) is 0 Å². The average Bonchev–Trinajstić information content (AvgIpc) is 2.60. The number of rotatable bonds is 3. The van der Waals surface area contributed by atoms with E-state index in [4.69, 9.17) is 9.47 Å². The van der Waals surface area contributed by atoms with Gasteiger partial charge in [0.2, 0.25) is 5.88 Å². The van der Waals surface area contributed by atoms with Crippen LogP contribution in [0.1, 0.15) is 0 Å². The summed E-state index contributed by atoms with van der Waals surface area (Å²) < 4.78 is 10.9. The number of aromatic nitrogens is 2. The van der Waals surface area contributed by atoms with E-state index in [1.54, 1.807) is 13.3 Å². The minimum Gasteiger partial charge on any atom is -0.497 e. The lowest BCUT2D eigenvalue weighted by molar-refractivity contribution is 0.412. The van der Waals surface area contributed by atoms with E-state index in [-0.39, 0.29) is 0 Å². The maximum Gasteiger partial charge on any atom is 0.238 e. The first-order valence-corrected chi connectivity index (χ1v) is 7.29. The van der Waals surface area contributed by atoms with Crippen LogP contribution in [0, 0.1) is 0 Å². The summed E-state index contributed by atoms with van der Waals surface area (Å²) in [5.41, 5.74) is 1.67. The highest BCUT2D eigenvalue weighted by Crippen LogP contribution is 2.25. The summed E-state index contributed by atoms with van der Waals surface area (Å²) in [5, 5.41) is 2.29. The Morgan fingerprint density at radius 3 is 2.13 bits per heavy atom. The molecule has 3 aromatic carbocycles. The Morgan fingerprint density at radius 2 is 1.43 bits per heavy atom. The van der Waals surface area contributed by atoms with Crippen LogP contribution < -0.4 is 9.47 Å². The fourth-order valence-corrected chi connectivity index (χ4v) is 2.50. The van der Waals surface area contributed by atoms with Crippen molar-refractivity contribution in [3.63, 3.8) is 0 Å². The van der Waals surface area contributed by atoms with Crippen molar-refractivity contribution < 1.29 is 9.47 Å². The van der Waals surface area contributed by atoms with E-state index < -0.39 is 0 Å². The molecule has 0 saturated heterocycles. The predicted molar refractivity (Wildman–Crippen MR) is 90.1 cm³/mol. The number of hydrogen-bond donors (Lipinski definition) is 0. The molecule has 0 spiro atoms. The molecule has 4 aromatic rings. The molecule has 0 bridgehead atoms. The highest BCUT2D eigenvalue weighted by molar-refractivity contribution is 5.94. The number of hydrogen-bond acceptors (Lipinski definition) is 4. The molecule has 1 aromatic heterocycles. The van der Waals surface area contributed by atoms with Gasteiger partial charge in [-0.3, -0.25) is 0 Å². The Morgan fingerprint density at radius 1 is 0.783 bits per heavy atom. The number of methoxy groups -OCH3 is 1. The third kappa shape index (κ3) is 2.66. The Balaban J connectivity index is 1.71. The van der Waals surface area contributed by atoms with Crippen LogP contribution in [0.15, 0.2) is 66.9 Å². The molecular weight excluding hydrogens is 288 g/mol. The highest BCUT2D eigenvalue weighted by Gasteiger charge is 2.04. The molecule has 4 nitrogen and oxygen atoms in total. The summed E-state index contributed by atoms with van der Waals surface area (Å²) in [7, 11) is 1.63. The zero-order valence-corrected chi connectivity index (χ0v) is 12.6. The third-order valence-electron chi connectivity index (χ3n) is 3.67. The fourth-order valence-electron chi connectivity index (χ4n) is 2.50. The topological polar surface area (TPSA) is 44.2 Å². The van der Waals surface area contributed by atoms with Crippen LogP contribution in [-0.2, 0) is 0 Å². The fraction of sp³-hybridized carbons (Fsp3) is 0.0526. The Bertz CT molecular complexity index is 981. The van der Waals surface area contributed by atoms with Crippen molar-refractivity contribution in [1.29, 1.82) is 0 Å². The summed E-state index contributed by atoms with van der Waals surface area (Å²) in [6.07, 6.45) is 1.64. The van der Waals surface area contributed by atoms with Gasteiger partial charge in [-0.25, -0.2) is 9.97 Å². The first-order valence-electron chi connectivity index (χ1n) is 7.29. The Kier molecular flexibility index (Phi) is 3.27. The normalized spacial score (nSPS) is 10.8. The molecule has 0 aliphatic carbocycles. The molecule has 0 aliphatic rings. The molecular formula is C19H14N2O2. The Labute approximate surface area is 133 Å². The van der Waals surface area contributed by atoms with E-state index in [0.29, 0.717) is 11.6 Å². The number of nitrogens with zero attached hydrogens (tertiary/aromatic N) is 2. The quantitative estimate of drug-likeness (QED) is 0.519. The van der Waals surface area contributed by atoms with Crippen LogP contribution in [0.25, 0.3) is 21.8 Å². The molecule has 0 saturated carbocycles. The second kappa shape index (κ2) is 5.57. The SMILES string of the molecule is COc1ccc(Oc2cnc3cc4ccccc4cc3n2)cc1. The van der Waals surface area contributed by atoms with E-state index in [1.165, 1.54) is 0 Å². The van der Waals surface area contributed by atoms with Gasteiger partial charge in [0.25, 0.3) is 0 Å². The van der Waals surface area contributed by atoms with Crippen LogP contribution in [0.4, 0.5) is 0 Å². The maximum atomic E-state index is 5.77. The van der Waals surface area contributed by atoms with E-state index in [2.05, 4.69) is 22.1 Å². The van der Waals surface area contributed by atoms with Crippen LogP contribution in [0.5, 0.6) is 17.4 Å². The standard InChI is InChI=1S/C19H14N2O2/c1-22-15-6-8-16(9-7-15)23-19-12-20-17-10-13-4-2-3-5-14(13)11-18(17)21-19/h2-12H,1H3. The van der Waals surface area contributed by atoms with E-state index >= 15 is 0 Å². The minimum absolute atomic E-state index is 0.470. The van der Waals surface area contributed by atoms with Crippen molar-refractivity contribution in [3.05, 3.63) is 66.9 Å². The zero-order chi connectivity index (χ0) is 15.6. The Hall–Kier alpha value is -3.14. The lowest BCUT2D eigenvalue weighted by atomic mass is 10.1. The number of benzene rings is 3. The molecule has 4 rings (SSSR count). The summed E-state index contributed by atoms with van der Waals surface area (Å²) >= 11 is 0. The first kappa shape index (κ1) is 13.5. The summed E-state index contributed by atoms with van der Waals surface area (Å²) in [6, 6.07) is 19.6. The van der Waals surface area contributed by atoms with Crippen molar-refractivity contribution in [2.75, 3.05) is 7.11 Å². The van der Waals surface area contributed by atoms with Crippen molar-refractivity contribution in [3.8, 4) is 17.4 Å². The zero-order valence-electron chi connectivity index (χ0n) is 12.6. The molecule has 1 heterocycles. The van der Waals surface area contributed by atoms with Gasteiger partial charge in [-0.05, 0) is 47.2 Å². The molecule has 0 N–H and O–H groups in total. The molecule has 0 radical (unpaired) electrons. The second-order valence-corrected chi connectivity index (χ2v) is 5.17. The molecule has 23 heavy (non-hydrogen) atoms. The summed E-state index contributed by atoms with van der Waals surface area (Å²) in [5.74, 6) is 1.95. The second-order valence-electron chi connectivity index (χ2n) is 5.17. The lowest BCUT2D eigenvalue weighted by Crippen LogP contribution is -1.91. The molecule has 0 unspecified atom stereocenters. The van der Waals surface area contributed by atoms with Crippen molar-refractivity contribution >= 4 is 21.8 Å². The van der Waals surface area contributed by atoms with Gasteiger partial charge in [-0.15, -0.1) is 0 Å². The molecule has 0 atom stereocenters. The largest absolute Gasteiger partial charge is 0.497 e. The number of fused-ring (bicyclic) bond motifs is 2. The lowest BCUT2D eigenvalue weighted by Gasteiger charge is -2.07. The van der Waals surface area contributed by atoms with Gasteiger partial charge in [0.05, 0.1) is 24.3 Å². The highest BCUT2D eigenvalue weighted by atomic mass is 16.5. The molecule has 0 amide bonds. The van der Waals surface area contributed by atoms with Crippen molar-refractivity contribution in [2.45, 2.75) is 0 Å². The summed E-state index contributed by atoms with van der Waals surface area (Å²) in [6.45, 7) is 0. The molecule has 0 fully saturated rings. The van der Waals surface area contributed by atoms with Crippen LogP contribution in [0.3, 0.4) is 0 Å². The van der Waals surface area contributed by atoms with Gasteiger partial charge in [0.15, 0.2) is 0 Å². The van der Waals surface area contributed by atoms with Gasteiger partial charge < -0.3 is 9.47 Å². The average molecular weight is 302 g/mol.